The molecule has 2 heterocycles. The molecule has 2 aromatic heterocycles. The standard InChI is InChI=1S/C12H16N4/c13-10-6-4-9(5-7-10)12-15-14-11-3-1-2-8-16(11)12/h1-3,8-10H,4-7,13H2. The smallest absolute Gasteiger partial charge is 0.160 e. The number of fused-ring (bicyclic) bond motifs is 1. The van der Waals surface area contributed by atoms with Gasteiger partial charge in [-0.15, -0.1) is 10.2 Å². The zero-order valence-electron chi connectivity index (χ0n) is 9.21. The van der Waals surface area contributed by atoms with Crippen molar-refractivity contribution in [1.82, 2.24) is 14.6 Å². The number of hydrogen-bond acceptors (Lipinski definition) is 3. The minimum Gasteiger partial charge on any atom is -0.328 e. The lowest BCUT2D eigenvalue weighted by Gasteiger charge is -2.24. The van der Waals surface area contributed by atoms with Crippen molar-refractivity contribution in [3.8, 4) is 0 Å². The lowest BCUT2D eigenvalue weighted by atomic mass is 9.86. The van der Waals surface area contributed by atoms with Crippen LogP contribution in [0.3, 0.4) is 0 Å². The number of nitrogens with zero attached hydrogens (tertiary/aromatic N) is 3. The number of rotatable bonds is 1. The Morgan fingerprint density at radius 2 is 1.94 bits per heavy atom. The van der Waals surface area contributed by atoms with Gasteiger partial charge in [-0.2, -0.15) is 0 Å². The van der Waals surface area contributed by atoms with E-state index in [0.29, 0.717) is 12.0 Å². The highest BCUT2D eigenvalue weighted by atomic mass is 15.2. The molecule has 0 saturated heterocycles. The molecule has 4 heteroatoms. The van der Waals surface area contributed by atoms with Gasteiger partial charge in [0.1, 0.15) is 5.82 Å². The molecule has 0 bridgehead atoms. The Morgan fingerprint density at radius 3 is 2.75 bits per heavy atom. The summed E-state index contributed by atoms with van der Waals surface area (Å²) in [5.41, 5.74) is 6.86. The summed E-state index contributed by atoms with van der Waals surface area (Å²) < 4.78 is 2.10. The van der Waals surface area contributed by atoms with Crippen molar-refractivity contribution >= 4 is 5.65 Å². The number of nitrogens with two attached hydrogens (primary N) is 1. The van der Waals surface area contributed by atoms with E-state index in [-0.39, 0.29) is 0 Å². The first-order chi connectivity index (χ1) is 7.84. The van der Waals surface area contributed by atoms with Gasteiger partial charge in [-0.1, -0.05) is 6.07 Å². The summed E-state index contributed by atoms with van der Waals surface area (Å²) in [6.45, 7) is 0. The van der Waals surface area contributed by atoms with E-state index in [9.17, 15) is 0 Å². The molecule has 2 N–H and O–H groups in total. The largest absolute Gasteiger partial charge is 0.328 e. The molecule has 16 heavy (non-hydrogen) atoms. The summed E-state index contributed by atoms with van der Waals surface area (Å²) in [7, 11) is 0. The van der Waals surface area contributed by atoms with Crippen LogP contribution in [0.1, 0.15) is 37.4 Å². The van der Waals surface area contributed by atoms with E-state index in [0.717, 1.165) is 37.2 Å². The summed E-state index contributed by atoms with van der Waals surface area (Å²) in [6, 6.07) is 6.39. The van der Waals surface area contributed by atoms with Gasteiger partial charge in [0.15, 0.2) is 5.65 Å². The Morgan fingerprint density at radius 1 is 1.12 bits per heavy atom. The van der Waals surface area contributed by atoms with Gasteiger partial charge in [0.05, 0.1) is 0 Å². The molecule has 2 aromatic rings. The molecule has 0 aromatic carbocycles. The van der Waals surface area contributed by atoms with E-state index in [1.54, 1.807) is 0 Å². The maximum atomic E-state index is 5.92. The fraction of sp³-hybridized carbons (Fsp3) is 0.500. The van der Waals surface area contributed by atoms with Crippen molar-refractivity contribution in [1.29, 1.82) is 0 Å². The van der Waals surface area contributed by atoms with Gasteiger partial charge in [-0.25, -0.2) is 0 Å². The monoisotopic (exact) mass is 216 g/mol. The van der Waals surface area contributed by atoms with Gasteiger partial charge in [0.25, 0.3) is 0 Å². The van der Waals surface area contributed by atoms with Crippen molar-refractivity contribution in [2.75, 3.05) is 0 Å². The molecule has 0 amide bonds. The van der Waals surface area contributed by atoms with Crippen molar-refractivity contribution in [3.05, 3.63) is 30.2 Å². The summed E-state index contributed by atoms with van der Waals surface area (Å²) in [4.78, 5) is 0. The second-order valence-corrected chi connectivity index (χ2v) is 4.60. The van der Waals surface area contributed by atoms with Gasteiger partial charge in [-0.05, 0) is 37.8 Å². The molecule has 0 atom stereocenters. The number of pyridine rings is 1. The first-order valence-corrected chi connectivity index (χ1v) is 5.90. The molecule has 0 spiro atoms. The van der Waals surface area contributed by atoms with Crippen LogP contribution in [0.25, 0.3) is 5.65 Å². The topological polar surface area (TPSA) is 56.2 Å². The SMILES string of the molecule is NC1CCC(c2nnc3ccccn23)CC1. The molecule has 0 aliphatic heterocycles. The highest BCUT2D eigenvalue weighted by Gasteiger charge is 2.23. The first kappa shape index (κ1) is 9.78. The van der Waals surface area contributed by atoms with Crippen molar-refractivity contribution < 1.29 is 0 Å². The van der Waals surface area contributed by atoms with E-state index in [1.807, 2.05) is 24.4 Å². The molecule has 0 radical (unpaired) electrons. The average Bonchev–Trinajstić information content (AvgIpc) is 2.74. The Hall–Kier alpha value is -1.42. The average molecular weight is 216 g/mol. The fourth-order valence-electron chi connectivity index (χ4n) is 2.52. The van der Waals surface area contributed by atoms with E-state index in [1.165, 1.54) is 0 Å². The zero-order valence-corrected chi connectivity index (χ0v) is 9.21. The third-order valence-electron chi connectivity index (χ3n) is 3.48. The van der Waals surface area contributed by atoms with Gasteiger partial charge < -0.3 is 5.73 Å². The summed E-state index contributed by atoms with van der Waals surface area (Å²) in [6.07, 6.45) is 6.52. The van der Waals surface area contributed by atoms with Crippen molar-refractivity contribution in [2.45, 2.75) is 37.6 Å². The Bertz CT molecular complexity index is 482. The minimum atomic E-state index is 0.385. The molecular formula is C12H16N4. The number of hydrogen-bond donors (Lipinski definition) is 1. The van der Waals surface area contributed by atoms with E-state index >= 15 is 0 Å². The van der Waals surface area contributed by atoms with Crippen LogP contribution in [-0.2, 0) is 0 Å². The molecule has 84 valence electrons. The van der Waals surface area contributed by atoms with Gasteiger partial charge in [0.2, 0.25) is 0 Å². The Labute approximate surface area is 94.5 Å². The second kappa shape index (κ2) is 3.87. The van der Waals surface area contributed by atoms with E-state index in [2.05, 4.69) is 14.6 Å². The van der Waals surface area contributed by atoms with Gasteiger partial charge >= 0.3 is 0 Å². The molecule has 3 rings (SSSR count). The van der Waals surface area contributed by atoms with Crippen molar-refractivity contribution in [2.24, 2.45) is 5.73 Å². The van der Waals surface area contributed by atoms with Gasteiger partial charge in [0, 0.05) is 18.2 Å². The molecule has 4 nitrogen and oxygen atoms in total. The Balaban J connectivity index is 1.94. The fourth-order valence-corrected chi connectivity index (χ4v) is 2.52. The van der Waals surface area contributed by atoms with Crippen LogP contribution in [0.4, 0.5) is 0 Å². The molecule has 1 aliphatic rings. The molecule has 1 fully saturated rings. The van der Waals surface area contributed by atoms with Crippen LogP contribution >= 0.6 is 0 Å². The van der Waals surface area contributed by atoms with Crippen LogP contribution < -0.4 is 5.73 Å². The van der Waals surface area contributed by atoms with E-state index < -0.39 is 0 Å². The summed E-state index contributed by atoms with van der Waals surface area (Å²) in [5.74, 6) is 1.62. The van der Waals surface area contributed by atoms with Gasteiger partial charge in [-0.3, -0.25) is 4.40 Å². The molecule has 1 saturated carbocycles. The Kier molecular flexibility index (Phi) is 2.36. The van der Waals surface area contributed by atoms with Crippen LogP contribution in [0.15, 0.2) is 24.4 Å². The first-order valence-electron chi connectivity index (χ1n) is 5.90. The third kappa shape index (κ3) is 1.59. The predicted octanol–water partition coefficient (Wildman–Crippen LogP) is 1.71. The summed E-state index contributed by atoms with van der Waals surface area (Å²) in [5, 5.41) is 8.51. The summed E-state index contributed by atoms with van der Waals surface area (Å²) >= 11 is 0. The maximum Gasteiger partial charge on any atom is 0.160 e. The van der Waals surface area contributed by atoms with Crippen LogP contribution in [0.5, 0.6) is 0 Å². The molecule has 0 unspecified atom stereocenters. The highest BCUT2D eigenvalue weighted by molar-refractivity contribution is 5.37. The second-order valence-electron chi connectivity index (χ2n) is 4.60. The highest BCUT2D eigenvalue weighted by Crippen LogP contribution is 2.31. The maximum absolute atomic E-state index is 5.92. The predicted molar refractivity (Wildman–Crippen MR) is 62.2 cm³/mol. The molecular weight excluding hydrogens is 200 g/mol. The van der Waals surface area contributed by atoms with Crippen molar-refractivity contribution in [3.63, 3.8) is 0 Å². The van der Waals surface area contributed by atoms with Crippen LogP contribution in [0.2, 0.25) is 0 Å². The molecule has 1 aliphatic carbocycles. The quantitative estimate of drug-likeness (QED) is 0.789. The zero-order chi connectivity index (χ0) is 11.0. The van der Waals surface area contributed by atoms with Crippen LogP contribution in [-0.4, -0.2) is 20.6 Å². The lowest BCUT2D eigenvalue weighted by molar-refractivity contribution is 0.383. The van der Waals surface area contributed by atoms with E-state index in [4.69, 9.17) is 5.73 Å². The lowest BCUT2D eigenvalue weighted by Crippen LogP contribution is -2.26. The minimum absolute atomic E-state index is 0.385. The number of aromatic nitrogens is 3. The normalized spacial score (nSPS) is 26.1. The van der Waals surface area contributed by atoms with Crippen LogP contribution in [0, 0.1) is 0 Å². The third-order valence-corrected chi connectivity index (χ3v) is 3.48.